The van der Waals surface area contributed by atoms with E-state index in [4.69, 9.17) is 17.3 Å². The van der Waals surface area contributed by atoms with Crippen LogP contribution in [-0.2, 0) is 0 Å². The van der Waals surface area contributed by atoms with Gasteiger partial charge in [-0.05, 0) is 17.3 Å². The van der Waals surface area contributed by atoms with Crippen LogP contribution in [0.3, 0.4) is 0 Å². The third-order valence-corrected chi connectivity index (χ3v) is 1.66. The minimum Gasteiger partial charge on any atom is -0.397 e. The lowest BCUT2D eigenvalue weighted by Gasteiger charge is -1.98. The lowest BCUT2D eigenvalue weighted by molar-refractivity contribution is 0.881. The van der Waals surface area contributed by atoms with Gasteiger partial charge in [0.05, 0.1) is 5.69 Å². The highest BCUT2D eigenvalue weighted by Gasteiger charge is 2.08. The van der Waals surface area contributed by atoms with Crippen molar-refractivity contribution in [3.05, 3.63) is 17.3 Å². The summed E-state index contributed by atoms with van der Waals surface area (Å²) in [4.78, 5) is 3.97. The first-order valence-electron chi connectivity index (χ1n) is 3.43. The minimum atomic E-state index is 0.333. The Hall–Kier alpha value is -1.69. The van der Waals surface area contributed by atoms with Crippen molar-refractivity contribution in [2.45, 2.75) is 0 Å². The molecule has 0 aliphatic carbocycles. The van der Waals surface area contributed by atoms with Gasteiger partial charge in [0.15, 0.2) is 0 Å². The Morgan fingerprint density at radius 1 is 1.38 bits per heavy atom. The zero-order valence-electron chi connectivity index (χ0n) is 6.40. The van der Waals surface area contributed by atoms with Crippen molar-refractivity contribution in [1.82, 2.24) is 25.6 Å². The van der Waals surface area contributed by atoms with Gasteiger partial charge < -0.3 is 5.73 Å². The number of tetrazole rings is 1. The van der Waals surface area contributed by atoms with E-state index < -0.39 is 0 Å². The quantitative estimate of drug-likeness (QED) is 0.648. The number of nitrogens with one attached hydrogen (secondary N) is 1. The van der Waals surface area contributed by atoms with E-state index in [0.29, 0.717) is 22.4 Å². The Morgan fingerprint density at radius 3 is 2.92 bits per heavy atom. The molecule has 0 unspecified atom stereocenters. The first-order valence-corrected chi connectivity index (χ1v) is 3.81. The van der Waals surface area contributed by atoms with E-state index in [1.807, 2.05) is 0 Å². The normalized spacial score (nSPS) is 10.2. The summed E-state index contributed by atoms with van der Waals surface area (Å²) in [6.07, 6.45) is 0. The van der Waals surface area contributed by atoms with Crippen LogP contribution in [0.5, 0.6) is 0 Å². The maximum Gasteiger partial charge on any atom is 0.225 e. The summed E-state index contributed by atoms with van der Waals surface area (Å²) in [5, 5.41) is 13.5. The molecule has 3 N–H and O–H groups in total. The Labute approximate surface area is 78.1 Å². The van der Waals surface area contributed by atoms with Crippen LogP contribution in [0.1, 0.15) is 0 Å². The topological polar surface area (TPSA) is 93.4 Å². The predicted octanol–water partition coefficient (Wildman–Crippen LogP) is 0.497. The molecular formula is C6H5ClN6. The molecule has 2 heterocycles. The van der Waals surface area contributed by atoms with Gasteiger partial charge in [0.1, 0.15) is 10.8 Å². The minimum absolute atomic E-state index is 0.333. The molecule has 6 nitrogen and oxygen atoms in total. The van der Waals surface area contributed by atoms with Crippen LogP contribution in [0, 0.1) is 0 Å². The van der Waals surface area contributed by atoms with Crippen molar-refractivity contribution in [1.29, 1.82) is 0 Å². The second-order valence-corrected chi connectivity index (χ2v) is 2.69. The van der Waals surface area contributed by atoms with Crippen LogP contribution >= 0.6 is 11.6 Å². The molecule has 0 atom stereocenters. The van der Waals surface area contributed by atoms with E-state index in [1.54, 1.807) is 12.1 Å². The average Bonchev–Trinajstić information content (AvgIpc) is 2.61. The number of anilines is 1. The number of H-pyrrole nitrogens is 1. The number of hydrogen-bond donors (Lipinski definition) is 2. The molecule has 0 saturated heterocycles. The van der Waals surface area contributed by atoms with Crippen molar-refractivity contribution in [2.75, 3.05) is 5.73 Å². The molecule has 66 valence electrons. The largest absolute Gasteiger partial charge is 0.397 e. The van der Waals surface area contributed by atoms with Gasteiger partial charge in [-0.25, -0.2) is 4.98 Å². The van der Waals surface area contributed by atoms with Gasteiger partial charge in [-0.2, -0.15) is 5.21 Å². The summed E-state index contributed by atoms with van der Waals surface area (Å²) in [6, 6.07) is 3.24. The molecule has 7 heteroatoms. The van der Waals surface area contributed by atoms with Gasteiger partial charge in [0, 0.05) is 0 Å². The van der Waals surface area contributed by atoms with Gasteiger partial charge in [0.2, 0.25) is 5.82 Å². The number of nitrogen functional groups attached to an aromatic ring is 1. The molecule has 2 aromatic rings. The summed E-state index contributed by atoms with van der Waals surface area (Å²) in [5.41, 5.74) is 6.53. The van der Waals surface area contributed by atoms with E-state index in [1.165, 1.54) is 0 Å². The highest BCUT2D eigenvalue weighted by molar-refractivity contribution is 6.29. The predicted molar refractivity (Wildman–Crippen MR) is 46.8 cm³/mol. The number of hydrogen-bond acceptors (Lipinski definition) is 5. The molecule has 0 bridgehead atoms. The summed E-state index contributed by atoms with van der Waals surface area (Å²) >= 11 is 5.68. The number of nitrogens with two attached hydrogens (primary N) is 1. The lowest BCUT2D eigenvalue weighted by atomic mass is 10.3. The first-order chi connectivity index (χ1) is 6.27. The third kappa shape index (κ3) is 1.43. The van der Waals surface area contributed by atoms with E-state index in [2.05, 4.69) is 25.6 Å². The third-order valence-electron chi connectivity index (χ3n) is 1.45. The molecule has 0 aliphatic rings. The fraction of sp³-hybridized carbons (Fsp3) is 0. The van der Waals surface area contributed by atoms with E-state index in [0.717, 1.165) is 0 Å². The Kier molecular flexibility index (Phi) is 1.82. The maximum absolute atomic E-state index is 5.68. The Bertz CT molecular complexity index is 411. The SMILES string of the molecule is Nc1ccc(Cl)nc1-c1nn[nH]n1. The first kappa shape index (κ1) is 7.93. The number of rotatable bonds is 1. The number of aromatic nitrogens is 5. The standard InChI is InChI=1S/C6H5ClN6/c7-4-2-1-3(8)5(9-4)6-10-12-13-11-6/h1-2H,8H2,(H,10,11,12,13). The molecule has 0 spiro atoms. The van der Waals surface area contributed by atoms with Gasteiger partial charge >= 0.3 is 0 Å². The molecular weight excluding hydrogens is 192 g/mol. The van der Waals surface area contributed by atoms with Crippen molar-refractivity contribution in [3.8, 4) is 11.5 Å². The average molecular weight is 197 g/mol. The molecule has 0 aliphatic heterocycles. The summed E-state index contributed by atoms with van der Waals surface area (Å²) in [7, 11) is 0. The van der Waals surface area contributed by atoms with Gasteiger partial charge in [-0.1, -0.05) is 11.6 Å². The summed E-state index contributed by atoms with van der Waals surface area (Å²) < 4.78 is 0. The van der Waals surface area contributed by atoms with E-state index in [-0.39, 0.29) is 0 Å². The van der Waals surface area contributed by atoms with Crippen LogP contribution in [0.15, 0.2) is 12.1 Å². The Balaban J connectivity index is 2.57. The molecule has 0 radical (unpaired) electrons. The highest BCUT2D eigenvalue weighted by Crippen LogP contribution is 2.20. The number of halogens is 1. The van der Waals surface area contributed by atoms with Gasteiger partial charge in [-0.3, -0.25) is 0 Å². The fourth-order valence-corrected chi connectivity index (χ4v) is 1.03. The number of nitrogens with zero attached hydrogens (tertiary/aromatic N) is 4. The zero-order valence-corrected chi connectivity index (χ0v) is 7.15. The van der Waals surface area contributed by atoms with Crippen molar-refractivity contribution in [2.24, 2.45) is 0 Å². The molecule has 13 heavy (non-hydrogen) atoms. The second kappa shape index (κ2) is 2.98. The molecule has 0 fully saturated rings. The monoisotopic (exact) mass is 196 g/mol. The number of pyridine rings is 1. The zero-order chi connectivity index (χ0) is 9.26. The molecule has 0 saturated carbocycles. The van der Waals surface area contributed by atoms with Crippen LogP contribution in [0.4, 0.5) is 5.69 Å². The van der Waals surface area contributed by atoms with Crippen LogP contribution in [-0.4, -0.2) is 25.6 Å². The van der Waals surface area contributed by atoms with Gasteiger partial charge in [-0.15, -0.1) is 10.2 Å². The van der Waals surface area contributed by atoms with Crippen molar-refractivity contribution < 1.29 is 0 Å². The second-order valence-electron chi connectivity index (χ2n) is 2.31. The van der Waals surface area contributed by atoms with Crippen LogP contribution < -0.4 is 5.73 Å². The molecule has 2 rings (SSSR count). The smallest absolute Gasteiger partial charge is 0.225 e. The highest BCUT2D eigenvalue weighted by atomic mass is 35.5. The molecule has 0 aromatic carbocycles. The van der Waals surface area contributed by atoms with Crippen LogP contribution in [0.25, 0.3) is 11.5 Å². The lowest BCUT2D eigenvalue weighted by Crippen LogP contribution is -1.94. The Morgan fingerprint density at radius 2 is 2.23 bits per heavy atom. The van der Waals surface area contributed by atoms with E-state index >= 15 is 0 Å². The van der Waals surface area contributed by atoms with Crippen molar-refractivity contribution in [3.63, 3.8) is 0 Å². The van der Waals surface area contributed by atoms with Crippen LogP contribution in [0.2, 0.25) is 5.15 Å². The number of aromatic amines is 1. The molecule has 2 aromatic heterocycles. The summed E-state index contributed by atoms with van der Waals surface area (Å²) in [6.45, 7) is 0. The summed E-state index contributed by atoms with van der Waals surface area (Å²) in [5.74, 6) is 0.333. The van der Waals surface area contributed by atoms with Crippen molar-refractivity contribution >= 4 is 17.3 Å². The maximum atomic E-state index is 5.68. The molecule has 0 amide bonds. The van der Waals surface area contributed by atoms with E-state index in [9.17, 15) is 0 Å². The van der Waals surface area contributed by atoms with Gasteiger partial charge in [0.25, 0.3) is 0 Å². The fourth-order valence-electron chi connectivity index (χ4n) is 0.887.